The molecule has 1 atom stereocenters. The number of hydrogen-bond donors (Lipinski definition) is 5. The van der Waals surface area contributed by atoms with Gasteiger partial charge < -0.3 is 26.2 Å². The minimum absolute atomic E-state index is 0.0120. The van der Waals surface area contributed by atoms with Gasteiger partial charge in [-0.2, -0.15) is 0 Å². The molecular weight excluding hydrogens is 454 g/mol. The predicted molar refractivity (Wildman–Crippen MR) is 127 cm³/mol. The van der Waals surface area contributed by atoms with E-state index in [9.17, 15) is 24.3 Å². The summed E-state index contributed by atoms with van der Waals surface area (Å²) in [6, 6.07) is 15.6. The number of amides is 2. The summed E-state index contributed by atoms with van der Waals surface area (Å²) < 4.78 is 5.02. The molecule has 0 saturated carbocycles. The lowest BCUT2D eigenvalue weighted by Gasteiger charge is -2.15. The van der Waals surface area contributed by atoms with Crippen LogP contribution in [0.1, 0.15) is 27.2 Å². The second-order valence-corrected chi connectivity index (χ2v) is 7.63. The van der Waals surface area contributed by atoms with Gasteiger partial charge in [0.25, 0.3) is 11.5 Å². The van der Waals surface area contributed by atoms with Crippen molar-refractivity contribution < 1.29 is 24.2 Å². The highest BCUT2D eigenvalue weighted by atomic mass is 16.5. The van der Waals surface area contributed by atoms with E-state index in [2.05, 4.69) is 20.6 Å². The smallest absolute Gasteiger partial charge is 0.408 e. The van der Waals surface area contributed by atoms with E-state index in [1.807, 2.05) is 6.07 Å². The summed E-state index contributed by atoms with van der Waals surface area (Å²) in [5.41, 5.74) is 7.76. The highest BCUT2D eigenvalue weighted by Crippen LogP contribution is 2.08. The summed E-state index contributed by atoms with van der Waals surface area (Å²) in [5.74, 6) is -1.75. The van der Waals surface area contributed by atoms with Crippen LogP contribution < -0.4 is 21.9 Å². The summed E-state index contributed by atoms with van der Waals surface area (Å²) in [6.07, 6.45) is 0.163. The number of rotatable bonds is 10. The number of ether oxygens (including phenoxy) is 1. The van der Waals surface area contributed by atoms with Crippen LogP contribution in [0.25, 0.3) is 0 Å². The van der Waals surface area contributed by atoms with Crippen LogP contribution in [0.2, 0.25) is 0 Å². The Bertz CT molecular complexity index is 1230. The Morgan fingerprint density at radius 1 is 1.03 bits per heavy atom. The average Bonchev–Trinajstić information content (AvgIpc) is 2.84. The Labute approximate surface area is 200 Å². The maximum Gasteiger partial charge on any atom is 0.408 e. The predicted octanol–water partition coefficient (Wildman–Crippen LogP) is 1.25. The van der Waals surface area contributed by atoms with Gasteiger partial charge in [-0.3, -0.25) is 14.6 Å². The molecular formula is C24H25N5O6. The van der Waals surface area contributed by atoms with Gasteiger partial charge in [-0.1, -0.05) is 42.5 Å². The van der Waals surface area contributed by atoms with Crippen LogP contribution in [0.5, 0.6) is 0 Å². The molecule has 0 spiro atoms. The van der Waals surface area contributed by atoms with Gasteiger partial charge in [0.05, 0.1) is 5.69 Å². The molecule has 0 aliphatic carbocycles. The van der Waals surface area contributed by atoms with Crippen LogP contribution in [-0.4, -0.2) is 45.6 Å². The number of carboxylic acids is 1. The fraction of sp³-hybridized carbons (Fsp3) is 0.208. The van der Waals surface area contributed by atoms with E-state index in [-0.39, 0.29) is 24.7 Å². The Hall–Kier alpha value is -4.67. The molecule has 11 nitrogen and oxygen atoms in total. The van der Waals surface area contributed by atoms with Gasteiger partial charge in [-0.05, 0) is 36.1 Å². The number of aryl methyl sites for hydroxylation is 2. The van der Waals surface area contributed by atoms with Crippen LogP contribution in [0, 0.1) is 0 Å². The SMILES string of the molecule is Nc1nc(CCc2ccc(C(=O)NCC(NC(=O)OCc3ccccc3)C(=O)O)cc2)cc(=O)[nH]1. The molecule has 182 valence electrons. The lowest BCUT2D eigenvalue weighted by molar-refractivity contribution is -0.139. The van der Waals surface area contributed by atoms with Crippen LogP contribution in [0.15, 0.2) is 65.5 Å². The first-order chi connectivity index (χ1) is 16.8. The molecule has 1 unspecified atom stereocenters. The van der Waals surface area contributed by atoms with Crippen molar-refractivity contribution in [1.82, 2.24) is 20.6 Å². The maximum absolute atomic E-state index is 12.4. The summed E-state index contributed by atoms with van der Waals surface area (Å²) in [6.45, 7) is -0.339. The van der Waals surface area contributed by atoms with Crippen molar-refractivity contribution in [2.45, 2.75) is 25.5 Å². The van der Waals surface area contributed by atoms with Crippen LogP contribution in [-0.2, 0) is 29.0 Å². The Balaban J connectivity index is 1.47. The molecule has 35 heavy (non-hydrogen) atoms. The molecule has 0 aliphatic rings. The number of alkyl carbamates (subject to hydrolysis) is 1. The molecule has 0 radical (unpaired) electrons. The molecule has 3 aromatic rings. The third kappa shape index (κ3) is 8.00. The molecule has 0 fully saturated rings. The number of aromatic amines is 1. The largest absolute Gasteiger partial charge is 0.480 e. The van der Waals surface area contributed by atoms with Gasteiger partial charge in [0, 0.05) is 18.2 Å². The van der Waals surface area contributed by atoms with E-state index in [4.69, 9.17) is 10.5 Å². The molecule has 0 aliphatic heterocycles. The molecule has 2 amide bonds. The number of hydrogen-bond acceptors (Lipinski definition) is 7. The molecule has 3 rings (SSSR count). The second kappa shape index (κ2) is 12.0. The number of aliphatic carboxylic acids is 1. The van der Waals surface area contributed by atoms with Gasteiger partial charge in [-0.15, -0.1) is 0 Å². The second-order valence-electron chi connectivity index (χ2n) is 7.63. The number of benzene rings is 2. The summed E-state index contributed by atoms with van der Waals surface area (Å²) in [4.78, 5) is 53.8. The number of anilines is 1. The van der Waals surface area contributed by atoms with Crippen LogP contribution >= 0.6 is 0 Å². The third-order valence-electron chi connectivity index (χ3n) is 4.97. The minimum atomic E-state index is -1.37. The number of carbonyl (C=O) groups excluding carboxylic acids is 2. The third-order valence-corrected chi connectivity index (χ3v) is 4.97. The number of aromatic nitrogens is 2. The van der Waals surface area contributed by atoms with Crippen molar-refractivity contribution in [2.75, 3.05) is 12.3 Å². The molecule has 1 aromatic heterocycles. The number of nitrogen functional groups attached to an aromatic ring is 1. The highest BCUT2D eigenvalue weighted by Gasteiger charge is 2.22. The molecule has 6 N–H and O–H groups in total. The van der Waals surface area contributed by atoms with E-state index in [1.165, 1.54) is 6.07 Å². The zero-order chi connectivity index (χ0) is 25.2. The molecule has 0 bridgehead atoms. The lowest BCUT2D eigenvalue weighted by Crippen LogP contribution is -2.48. The number of H-pyrrole nitrogens is 1. The van der Waals surface area contributed by atoms with Crippen molar-refractivity contribution in [3.63, 3.8) is 0 Å². The Kier molecular flexibility index (Phi) is 8.54. The number of nitrogens with two attached hydrogens (primary N) is 1. The molecule has 11 heteroatoms. The molecule has 2 aromatic carbocycles. The van der Waals surface area contributed by atoms with E-state index in [1.54, 1.807) is 48.5 Å². The number of carbonyl (C=O) groups is 3. The first kappa shape index (κ1) is 25.0. The number of carboxylic acid groups (broad SMARTS) is 1. The quantitative estimate of drug-likeness (QED) is 0.288. The minimum Gasteiger partial charge on any atom is -0.480 e. The number of nitrogens with zero attached hydrogens (tertiary/aromatic N) is 1. The van der Waals surface area contributed by atoms with Crippen molar-refractivity contribution in [2.24, 2.45) is 0 Å². The normalized spacial score (nSPS) is 11.3. The summed E-state index contributed by atoms with van der Waals surface area (Å²) in [5, 5.41) is 14.1. The standard InChI is InChI=1S/C24H25N5O6/c25-23-27-18(12-20(30)29-23)11-8-15-6-9-17(10-7-15)21(31)26-13-19(22(32)33)28-24(34)35-14-16-4-2-1-3-5-16/h1-7,9-10,12,19H,8,11,13-14H2,(H,26,31)(H,28,34)(H,32,33)(H3,25,27,29,30). The maximum atomic E-state index is 12.4. The number of nitrogens with one attached hydrogen (secondary N) is 3. The fourth-order valence-electron chi connectivity index (χ4n) is 3.16. The fourth-order valence-corrected chi connectivity index (χ4v) is 3.16. The van der Waals surface area contributed by atoms with Crippen molar-refractivity contribution in [3.8, 4) is 0 Å². The average molecular weight is 479 g/mol. The van der Waals surface area contributed by atoms with Crippen molar-refractivity contribution in [3.05, 3.63) is 93.4 Å². The van der Waals surface area contributed by atoms with Gasteiger partial charge >= 0.3 is 12.1 Å². The van der Waals surface area contributed by atoms with Crippen LogP contribution in [0.3, 0.4) is 0 Å². The zero-order valence-corrected chi connectivity index (χ0v) is 18.7. The van der Waals surface area contributed by atoms with Gasteiger partial charge in [0.15, 0.2) is 0 Å². The van der Waals surface area contributed by atoms with E-state index in [0.29, 0.717) is 24.1 Å². The molecule has 0 saturated heterocycles. The van der Waals surface area contributed by atoms with Gasteiger partial charge in [0.2, 0.25) is 5.95 Å². The zero-order valence-electron chi connectivity index (χ0n) is 18.7. The van der Waals surface area contributed by atoms with Crippen molar-refractivity contribution >= 4 is 23.9 Å². The topological polar surface area (TPSA) is 176 Å². The monoisotopic (exact) mass is 479 g/mol. The van der Waals surface area contributed by atoms with Gasteiger partial charge in [-0.25, -0.2) is 14.6 Å². The van der Waals surface area contributed by atoms with E-state index >= 15 is 0 Å². The lowest BCUT2D eigenvalue weighted by atomic mass is 10.1. The van der Waals surface area contributed by atoms with E-state index in [0.717, 1.165) is 11.1 Å². The highest BCUT2D eigenvalue weighted by molar-refractivity contribution is 5.94. The first-order valence-corrected chi connectivity index (χ1v) is 10.7. The van der Waals surface area contributed by atoms with Crippen molar-refractivity contribution in [1.29, 1.82) is 0 Å². The molecule has 1 heterocycles. The summed E-state index contributed by atoms with van der Waals surface area (Å²) in [7, 11) is 0. The summed E-state index contributed by atoms with van der Waals surface area (Å²) >= 11 is 0. The first-order valence-electron chi connectivity index (χ1n) is 10.7. The van der Waals surface area contributed by atoms with E-state index < -0.39 is 24.0 Å². The van der Waals surface area contributed by atoms with Crippen LogP contribution in [0.4, 0.5) is 10.7 Å². The Morgan fingerprint density at radius 2 is 1.74 bits per heavy atom. The van der Waals surface area contributed by atoms with Gasteiger partial charge in [0.1, 0.15) is 12.6 Å². The Morgan fingerprint density at radius 3 is 2.40 bits per heavy atom.